The van der Waals surface area contributed by atoms with Crippen molar-refractivity contribution in [1.29, 1.82) is 0 Å². The average Bonchev–Trinajstić information content (AvgIpc) is 3.07. The van der Waals surface area contributed by atoms with Crippen molar-refractivity contribution >= 4 is 11.6 Å². The molecule has 2 aromatic rings. The molecule has 0 bridgehead atoms. The standard InChI is InChI=1S/C17H22N4O4/c1-12-17(22)21(13-4-6-14(24-3)7-5-13)9-8-20(12)10-15-18-16(11-23-2)25-19-15/h4-7,12H,8-11H2,1-3H3/t12-/m1/s1. The fourth-order valence-corrected chi connectivity index (χ4v) is 2.87. The SMILES string of the molecule is COCc1nc(CN2CCN(c3ccc(OC)cc3)C(=O)[C@H]2C)no1. The Bertz CT molecular complexity index is 716. The predicted octanol–water partition coefficient (Wildman–Crippen LogP) is 1.46. The predicted molar refractivity (Wildman–Crippen MR) is 90.2 cm³/mol. The first kappa shape index (κ1) is 17.4. The van der Waals surface area contributed by atoms with Crippen LogP contribution in [0.1, 0.15) is 18.6 Å². The Morgan fingerprint density at radius 1 is 1.24 bits per heavy atom. The summed E-state index contributed by atoms with van der Waals surface area (Å²) in [5.74, 6) is 1.82. The summed E-state index contributed by atoms with van der Waals surface area (Å²) in [5, 5.41) is 3.94. The quantitative estimate of drug-likeness (QED) is 0.783. The van der Waals surface area contributed by atoms with Crippen molar-refractivity contribution in [2.45, 2.75) is 26.1 Å². The first-order chi connectivity index (χ1) is 12.1. The average molecular weight is 346 g/mol. The van der Waals surface area contributed by atoms with Gasteiger partial charge in [0.05, 0.1) is 19.7 Å². The highest BCUT2D eigenvalue weighted by molar-refractivity contribution is 5.97. The van der Waals surface area contributed by atoms with E-state index in [2.05, 4.69) is 10.1 Å². The number of methoxy groups -OCH3 is 2. The first-order valence-corrected chi connectivity index (χ1v) is 8.12. The summed E-state index contributed by atoms with van der Waals surface area (Å²) in [5.41, 5.74) is 0.874. The van der Waals surface area contributed by atoms with Crippen LogP contribution in [0.3, 0.4) is 0 Å². The lowest BCUT2D eigenvalue weighted by Crippen LogP contribution is -2.55. The van der Waals surface area contributed by atoms with Gasteiger partial charge in [-0.2, -0.15) is 4.98 Å². The fourth-order valence-electron chi connectivity index (χ4n) is 2.87. The topological polar surface area (TPSA) is 80.9 Å². The molecule has 0 spiro atoms. The van der Waals surface area contributed by atoms with Crippen molar-refractivity contribution in [2.24, 2.45) is 0 Å². The highest BCUT2D eigenvalue weighted by Crippen LogP contribution is 2.23. The van der Waals surface area contributed by atoms with E-state index < -0.39 is 0 Å². The Morgan fingerprint density at radius 3 is 2.68 bits per heavy atom. The smallest absolute Gasteiger partial charge is 0.252 e. The van der Waals surface area contributed by atoms with Crippen molar-refractivity contribution in [2.75, 3.05) is 32.2 Å². The molecule has 8 heteroatoms. The molecule has 134 valence electrons. The molecule has 0 radical (unpaired) electrons. The van der Waals surface area contributed by atoms with Crippen molar-refractivity contribution in [3.05, 3.63) is 36.0 Å². The number of hydrogen-bond acceptors (Lipinski definition) is 7. The Hall–Kier alpha value is -2.45. The van der Waals surface area contributed by atoms with Crippen LogP contribution in [-0.2, 0) is 22.7 Å². The second kappa shape index (κ2) is 7.62. The molecule has 1 aliphatic rings. The number of ether oxygens (including phenoxy) is 2. The number of carbonyl (C=O) groups excluding carboxylic acids is 1. The van der Waals surface area contributed by atoms with Gasteiger partial charge in [0.15, 0.2) is 5.82 Å². The van der Waals surface area contributed by atoms with Crippen LogP contribution in [0.25, 0.3) is 0 Å². The third kappa shape index (κ3) is 3.80. The summed E-state index contributed by atoms with van der Waals surface area (Å²) in [7, 11) is 3.19. The van der Waals surface area contributed by atoms with Crippen LogP contribution in [0.4, 0.5) is 5.69 Å². The number of rotatable bonds is 6. The van der Waals surface area contributed by atoms with E-state index in [1.807, 2.05) is 36.1 Å². The lowest BCUT2D eigenvalue weighted by atomic mass is 10.1. The first-order valence-electron chi connectivity index (χ1n) is 8.12. The monoisotopic (exact) mass is 346 g/mol. The van der Waals surface area contributed by atoms with Crippen LogP contribution in [0, 0.1) is 0 Å². The molecular formula is C17H22N4O4. The third-order valence-electron chi connectivity index (χ3n) is 4.29. The number of benzene rings is 1. The molecule has 0 saturated carbocycles. The normalized spacial score (nSPS) is 18.6. The molecule has 1 saturated heterocycles. The second-order valence-corrected chi connectivity index (χ2v) is 5.87. The van der Waals surface area contributed by atoms with Crippen molar-refractivity contribution in [1.82, 2.24) is 15.0 Å². The zero-order chi connectivity index (χ0) is 17.8. The van der Waals surface area contributed by atoms with Crippen LogP contribution in [-0.4, -0.2) is 54.3 Å². The molecule has 1 aliphatic heterocycles. The zero-order valence-electron chi connectivity index (χ0n) is 14.6. The molecule has 0 N–H and O–H groups in total. The molecule has 8 nitrogen and oxygen atoms in total. The van der Waals surface area contributed by atoms with Gasteiger partial charge in [-0.25, -0.2) is 0 Å². The molecule has 25 heavy (non-hydrogen) atoms. The van der Waals surface area contributed by atoms with Gasteiger partial charge in [0.2, 0.25) is 5.91 Å². The minimum absolute atomic E-state index is 0.0528. The van der Waals surface area contributed by atoms with Crippen LogP contribution in [0.15, 0.2) is 28.8 Å². The van der Waals surface area contributed by atoms with Gasteiger partial charge in [0.25, 0.3) is 5.89 Å². The number of carbonyl (C=O) groups is 1. The Morgan fingerprint density at radius 2 is 2.00 bits per heavy atom. The van der Waals surface area contributed by atoms with Gasteiger partial charge < -0.3 is 18.9 Å². The lowest BCUT2D eigenvalue weighted by Gasteiger charge is -2.38. The van der Waals surface area contributed by atoms with Crippen LogP contribution in [0.5, 0.6) is 5.75 Å². The largest absolute Gasteiger partial charge is 0.497 e. The van der Waals surface area contributed by atoms with Gasteiger partial charge >= 0.3 is 0 Å². The number of hydrogen-bond donors (Lipinski definition) is 0. The summed E-state index contributed by atoms with van der Waals surface area (Å²) >= 11 is 0. The number of aromatic nitrogens is 2. The molecule has 1 aromatic carbocycles. The van der Waals surface area contributed by atoms with Gasteiger partial charge in [-0.05, 0) is 31.2 Å². The van der Waals surface area contributed by atoms with Gasteiger partial charge in [-0.1, -0.05) is 5.16 Å². The van der Waals surface area contributed by atoms with E-state index in [4.69, 9.17) is 14.0 Å². The second-order valence-electron chi connectivity index (χ2n) is 5.87. The molecule has 1 amide bonds. The Kier molecular flexibility index (Phi) is 5.30. The molecule has 1 atom stereocenters. The molecule has 0 aliphatic carbocycles. The minimum atomic E-state index is -0.264. The third-order valence-corrected chi connectivity index (χ3v) is 4.29. The van der Waals surface area contributed by atoms with Gasteiger partial charge in [-0.15, -0.1) is 0 Å². The number of nitrogens with zero attached hydrogens (tertiary/aromatic N) is 4. The van der Waals surface area contributed by atoms with Crippen LogP contribution in [0.2, 0.25) is 0 Å². The maximum atomic E-state index is 12.8. The van der Waals surface area contributed by atoms with E-state index in [0.717, 1.165) is 18.0 Å². The lowest BCUT2D eigenvalue weighted by molar-refractivity contribution is -0.125. The van der Waals surface area contributed by atoms with Crippen molar-refractivity contribution in [3.8, 4) is 5.75 Å². The van der Waals surface area contributed by atoms with E-state index in [1.54, 1.807) is 19.1 Å². The Balaban J connectivity index is 1.65. The summed E-state index contributed by atoms with van der Waals surface area (Å²) in [6, 6.07) is 7.25. The highest BCUT2D eigenvalue weighted by Gasteiger charge is 2.33. The molecular weight excluding hydrogens is 324 g/mol. The van der Waals surface area contributed by atoms with Crippen LogP contribution < -0.4 is 9.64 Å². The van der Waals surface area contributed by atoms with E-state index >= 15 is 0 Å². The number of anilines is 1. The molecule has 2 heterocycles. The maximum absolute atomic E-state index is 12.8. The van der Waals surface area contributed by atoms with Crippen molar-refractivity contribution in [3.63, 3.8) is 0 Å². The summed E-state index contributed by atoms with van der Waals surface area (Å²) in [6.07, 6.45) is 0. The molecule has 1 fully saturated rings. The molecule has 0 unspecified atom stereocenters. The van der Waals surface area contributed by atoms with Gasteiger partial charge in [-0.3, -0.25) is 9.69 Å². The van der Waals surface area contributed by atoms with Crippen molar-refractivity contribution < 1.29 is 18.8 Å². The zero-order valence-corrected chi connectivity index (χ0v) is 14.6. The van der Waals surface area contributed by atoms with Gasteiger partial charge in [0, 0.05) is 25.9 Å². The number of piperazine rings is 1. The minimum Gasteiger partial charge on any atom is -0.497 e. The van der Waals surface area contributed by atoms with Gasteiger partial charge in [0.1, 0.15) is 12.4 Å². The van der Waals surface area contributed by atoms with E-state index in [9.17, 15) is 4.79 Å². The summed E-state index contributed by atoms with van der Waals surface area (Å²) in [6.45, 7) is 3.99. The maximum Gasteiger partial charge on any atom is 0.252 e. The highest BCUT2D eigenvalue weighted by atomic mass is 16.5. The van der Waals surface area contributed by atoms with E-state index in [-0.39, 0.29) is 18.6 Å². The molecule has 3 rings (SSSR count). The van der Waals surface area contributed by atoms with E-state index in [1.165, 1.54) is 0 Å². The number of amides is 1. The summed E-state index contributed by atoms with van der Waals surface area (Å²) in [4.78, 5) is 20.9. The fraction of sp³-hybridized carbons (Fsp3) is 0.471. The Labute approximate surface area is 146 Å². The summed E-state index contributed by atoms with van der Waals surface area (Å²) < 4.78 is 15.2. The van der Waals surface area contributed by atoms with E-state index in [0.29, 0.717) is 24.8 Å². The van der Waals surface area contributed by atoms with Crippen LogP contribution >= 0.6 is 0 Å². The molecule has 1 aromatic heterocycles.